The number of amides is 1. The molecule has 0 aromatic heterocycles. The first-order valence-electron chi connectivity index (χ1n) is 4.51. The molecule has 0 aliphatic heterocycles. The highest BCUT2D eigenvalue weighted by Gasteiger charge is 2.38. The van der Waals surface area contributed by atoms with Crippen LogP contribution in [0.2, 0.25) is 0 Å². The fourth-order valence-electron chi connectivity index (χ4n) is 0.998. The van der Waals surface area contributed by atoms with Crippen molar-refractivity contribution in [2.45, 2.75) is 20.8 Å². The molecule has 0 spiro atoms. The zero-order valence-electron chi connectivity index (χ0n) is 8.91. The van der Waals surface area contributed by atoms with E-state index in [1.165, 1.54) is 18.7 Å². The first-order valence-corrected chi connectivity index (χ1v) is 4.51. The SMILES string of the molecule is C=CCN(CC)C(=O)C(C)(C)C(=O)O. The lowest BCUT2D eigenvalue weighted by Gasteiger charge is -2.27. The van der Waals surface area contributed by atoms with Crippen molar-refractivity contribution in [2.75, 3.05) is 13.1 Å². The summed E-state index contributed by atoms with van der Waals surface area (Å²) in [7, 11) is 0. The van der Waals surface area contributed by atoms with Crippen LogP contribution < -0.4 is 0 Å². The Hall–Kier alpha value is -1.32. The van der Waals surface area contributed by atoms with Crippen LogP contribution in [-0.2, 0) is 9.59 Å². The second-order valence-corrected chi connectivity index (χ2v) is 3.56. The molecule has 4 heteroatoms. The van der Waals surface area contributed by atoms with Gasteiger partial charge in [0.05, 0.1) is 0 Å². The van der Waals surface area contributed by atoms with Crippen molar-refractivity contribution in [1.82, 2.24) is 4.90 Å². The Kier molecular flexibility index (Phi) is 4.34. The van der Waals surface area contributed by atoms with Gasteiger partial charge in [0, 0.05) is 13.1 Å². The number of rotatable bonds is 5. The third kappa shape index (κ3) is 2.58. The number of hydrogen-bond acceptors (Lipinski definition) is 2. The van der Waals surface area contributed by atoms with E-state index in [4.69, 9.17) is 5.11 Å². The van der Waals surface area contributed by atoms with Crippen LogP contribution >= 0.6 is 0 Å². The van der Waals surface area contributed by atoms with Gasteiger partial charge in [0.25, 0.3) is 0 Å². The summed E-state index contributed by atoms with van der Waals surface area (Å²) in [6, 6.07) is 0. The van der Waals surface area contributed by atoms with Crippen LogP contribution in [0, 0.1) is 5.41 Å². The molecule has 0 aromatic rings. The zero-order chi connectivity index (χ0) is 11.4. The number of carbonyl (C=O) groups excluding carboxylic acids is 1. The number of hydrogen-bond donors (Lipinski definition) is 1. The zero-order valence-corrected chi connectivity index (χ0v) is 8.91. The Morgan fingerprint density at radius 3 is 2.29 bits per heavy atom. The average molecular weight is 199 g/mol. The van der Waals surface area contributed by atoms with Gasteiger partial charge >= 0.3 is 5.97 Å². The number of nitrogens with zero attached hydrogens (tertiary/aromatic N) is 1. The molecule has 1 amide bonds. The summed E-state index contributed by atoms with van der Waals surface area (Å²) in [5, 5.41) is 8.85. The Balaban J connectivity index is 4.72. The maximum Gasteiger partial charge on any atom is 0.318 e. The van der Waals surface area contributed by atoms with E-state index in [2.05, 4.69) is 6.58 Å². The molecule has 0 aromatic carbocycles. The Morgan fingerprint density at radius 2 is 2.00 bits per heavy atom. The molecule has 0 bridgehead atoms. The van der Waals surface area contributed by atoms with Crippen molar-refractivity contribution in [2.24, 2.45) is 5.41 Å². The third-order valence-corrected chi connectivity index (χ3v) is 2.09. The van der Waals surface area contributed by atoms with Crippen LogP contribution in [0.25, 0.3) is 0 Å². The fraction of sp³-hybridized carbons (Fsp3) is 0.600. The monoisotopic (exact) mass is 199 g/mol. The van der Waals surface area contributed by atoms with Gasteiger partial charge in [0.2, 0.25) is 5.91 Å². The minimum Gasteiger partial charge on any atom is -0.480 e. The van der Waals surface area contributed by atoms with E-state index in [1.54, 1.807) is 13.0 Å². The third-order valence-electron chi connectivity index (χ3n) is 2.09. The lowest BCUT2D eigenvalue weighted by molar-refractivity contribution is -0.157. The van der Waals surface area contributed by atoms with Crippen LogP contribution in [0.1, 0.15) is 20.8 Å². The van der Waals surface area contributed by atoms with Crippen molar-refractivity contribution in [3.8, 4) is 0 Å². The first-order chi connectivity index (χ1) is 6.37. The van der Waals surface area contributed by atoms with E-state index in [-0.39, 0.29) is 5.91 Å². The van der Waals surface area contributed by atoms with E-state index >= 15 is 0 Å². The van der Waals surface area contributed by atoms with Gasteiger partial charge in [-0.3, -0.25) is 9.59 Å². The Morgan fingerprint density at radius 1 is 1.50 bits per heavy atom. The molecular formula is C10H17NO3. The highest BCUT2D eigenvalue weighted by molar-refractivity contribution is 6.01. The molecule has 0 fully saturated rings. The summed E-state index contributed by atoms with van der Waals surface area (Å²) >= 11 is 0. The number of likely N-dealkylation sites (N-methyl/N-ethyl adjacent to an activating group) is 1. The molecule has 4 nitrogen and oxygen atoms in total. The van der Waals surface area contributed by atoms with Crippen LogP contribution in [0.5, 0.6) is 0 Å². The summed E-state index contributed by atoms with van der Waals surface area (Å²) in [4.78, 5) is 24.0. The minimum atomic E-state index is -1.36. The van der Waals surface area contributed by atoms with Crippen LogP contribution in [-0.4, -0.2) is 35.0 Å². The van der Waals surface area contributed by atoms with E-state index in [9.17, 15) is 9.59 Å². The predicted octanol–water partition coefficient (Wildman–Crippen LogP) is 1.13. The maximum absolute atomic E-state index is 11.7. The molecule has 0 aliphatic rings. The van der Waals surface area contributed by atoms with Gasteiger partial charge in [-0.1, -0.05) is 6.08 Å². The van der Waals surface area contributed by atoms with Gasteiger partial charge in [-0.05, 0) is 20.8 Å². The molecule has 0 rings (SSSR count). The van der Waals surface area contributed by atoms with Crippen molar-refractivity contribution in [1.29, 1.82) is 0 Å². The van der Waals surface area contributed by atoms with Crippen LogP contribution in [0.15, 0.2) is 12.7 Å². The summed E-state index contributed by atoms with van der Waals surface area (Å²) in [6.45, 7) is 9.00. The normalized spacial score (nSPS) is 10.8. The van der Waals surface area contributed by atoms with Crippen LogP contribution in [0.4, 0.5) is 0 Å². The van der Waals surface area contributed by atoms with Gasteiger partial charge in [-0.2, -0.15) is 0 Å². The van der Waals surface area contributed by atoms with E-state index in [0.717, 1.165) is 0 Å². The number of carboxylic acids is 1. The number of carbonyl (C=O) groups is 2. The minimum absolute atomic E-state index is 0.381. The molecule has 0 saturated carbocycles. The standard InChI is InChI=1S/C10H17NO3/c1-5-7-11(6-2)8(12)10(3,4)9(13)14/h5H,1,6-7H2,2-4H3,(H,13,14). The van der Waals surface area contributed by atoms with Crippen molar-refractivity contribution in [3.05, 3.63) is 12.7 Å². The molecule has 0 unspecified atom stereocenters. The number of carboxylic acid groups (broad SMARTS) is 1. The molecule has 0 radical (unpaired) electrons. The molecule has 80 valence electrons. The Labute approximate surface area is 84.2 Å². The van der Waals surface area contributed by atoms with E-state index in [1.807, 2.05) is 0 Å². The molecule has 1 N–H and O–H groups in total. The van der Waals surface area contributed by atoms with Gasteiger partial charge < -0.3 is 10.0 Å². The van der Waals surface area contributed by atoms with E-state index < -0.39 is 11.4 Å². The molecule has 0 saturated heterocycles. The smallest absolute Gasteiger partial charge is 0.318 e. The van der Waals surface area contributed by atoms with Crippen molar-refractivity contribution >= 4 is 11.9 Å². The lowest BCUT2D eigenvalue weighted by atomic mass is 9.92. The average Bonchev–Trinajstić information content (AvgIpc) is 2.12. The van der Waals surface area contributed by atoms with Crippen molar-refractivity contribution < 1.29 is 14.7 Å². The van der Waals surface area contributed by atoms with Gasteiger partial charge in [-0.25, -0.2) is 0 Å². The lowest BCUT2D eigenvalue weighted by Crippen LogP contribution is -2.45. The second-order valence-electron chi connectivity index (χ2n) is 3.56. The highest BCUT2D eigenvalue weighted by atomic mass is 16.4. The highest BCUT2D eigenvalue weighted by Crippen LogP contribution is 2.18. The first kappa shape index (κ1) is 12.7. The summed E-state index contributed by atoms with van der Waals surface area (Å²) < 4.78 is 0. The summed E-state index contributed by atoms with van der Waals surface area (Å²) in [5.74, 6) is -1.49. The maximum atomic E-state index is 11.7. The van der Waals surface area contributed by atoms with E-state index in [0.29, 0.717) is 13.1 Å². The summed E-state index contributed by atoms with van der Waals surface area (Å²) in [6.07, 6.45) is 1.58. The van der Waals surface area contributed by atoms with Crippen molar-refractivity contribution in [3.63, 3.8) is 0 Å². The number of aliphatic carboxylic acids is 1. The molecule has 0 aliphatic carbocycles. The molecule has 14 heavy (non-hydrogen) atoms. The molecule has 0 atom stereocenters. The molecule has 0 heterocycles. The summed E-state index contributed by atoms with van der Waals surface area (Å²) in [5.41, 5.74) is -1.36. The van der Waals surface area contributed by atoms with Crippen LogP contribution in [0.3, 0.4) is 0 Å². The largest absolute Gasteiger partial charge is 0.480 e. The van der Waals surface area contributed by atoms with Gasteiger partial charge in [0.1, 0.15) is 5.41 Å². The van der Waals surface area contributed by atoms with Gasteiger partial charge in [-0.15, -0.1) is 6.58 Å². The molecular weight excluding hydrogens is 182 g/mol. The second kappa shape index (κ2) is 4.79. The fourth-order valence-corrected chi connectivity index (χ4v) is 0.998. The Bertz CT molecular complexity index is 246. The quantitative estimate of drug-likeness (QED) is 0.533. The van der Waals surface area contributed by atoms with Gasteiger partial charge in [0.15, 0.2) is 0 Å². The predicted molar refractivity (Wildman–Crippen MR) is 53.9 cm³/mol. The topological polar surface area (TPSA) is 57.6 Å².